The third-order valence-corrected chi connectivity index (χ3v) is 4.14. The number of benzene rings is 2. The monoisotopic (exact) mass is 349 g/mol. The molecule has 1 heterocycles. The molecule has 0 spiro atoms. The van der Waals surface area contributed by atoms with E-state index in [-0.39, 0.29) is 5.78 Å². The number of ketones is 1. The van der Waals surface area contributed by atoms with Crippen LogP contribution in [0.15, 0.2) is 54.3 Å². The second-order valence-corrected chi connectivity index (χ2v) is 6.78. The van der Waals surface area contributed by atoms with Gasteiger partial charge in [0.2, 0.25) is 5.78 Å². The van der Waals surface area contributed by atoms with E-state index in [0.717, 1.165) is 22.4 Å². The Hall–Kier alpha value is -3.01. The molecule has 0 fully saturated rings. The molecule has 3 rings (SSSR count). The maximum absolute atomic E-state index is 12.7. The van der Waals surface area contributed by atoms with Crippen LogP contribution in [0.2, 0.25) is 0 Å². The Morgan fingerprint density at radius 1 is 1.23 bits per heavy atom. The van der Waals surface area contributed by atoms with Crippen molar-refractivity contribution in [2.45, 2.75) is 13.8 Å². The van der Waals surface area contributed by atoms with E-state index >= 15 is 0 Å². The van der Waals surface area contributed by atoms with Gasteiger partial charge in [-0.05, 0) is 54.8 Å². The lowest BCUT2D eigenvalue weighted by atomic mass is 10.0. The van der Waals surface area contributed by atoms with Crippen molar-refractivity contribution in [1.82, 2.24) is 0 Å². The van der Waals surface area contributed by atoms with Crippen molar-refractivity contribution in [1.29, 1.82) is 0 Å². The molecule has 0 N–H and O–H groups in total. The lowest BCUT2D eigenvalue weighted by Crippen LogP contribution is -2.08. The number of allylic oxidation sites excluding steroid dienone is 1. The SMILES string of the molecule is C=C(C)COc1cc(C)c2c(c1)O/C(=C\c1ccc(N(C)C)cc1)C2=O. The second kappa shape index (κ2) is 7.08. The van der Waals surface area contributed by atoms with Crippen LogP contribution in [0.3, 0.4) is 0 Å². The first kappa shape index (κ1) is 17.8. The Morgan fingerprint density at radius 2 is 1.92 bits per heavy atom. The molecule has 0 atom stereocenters. The lowest BCUT2D eigenvalue weighted by Gasteiger charge is -2.11. The van der Waals surface area contributed by atoms with E-state index in [1.165, 1.54) is 0 Å². The average Bonchev–Trinajstić information content (AvgIpc) is 2.89. The van der Waals surface area contributed by atoms with Gasteiger partial charge in [-0.3, -0.25) is 4.79 Å². The highest BCUT2D eigenvalue weighted by Gasteiger charge is 2.30. The van der Waals surface area contributed by atoms with Crippen LogP contribution >= 0.6 is 0 Å². The van der Waals surface area contributed by atoms with Crippen molar-refractivity contribution in [2.24, 2.45) is 0 Å². The summed E-state index contributed by atoms with van der Waals surface area (Å²) in [4.78, 5) is 14.7. The number of carbonyl (C=O) groups excluding carboxylic acids is 1. The number of fused-ring (bicyclic) bond motifs is 1. The number of ether oxygens (including phenoxy) is 2. The van der Waals surface area contributed by atoms with E-state index in [1.54, 1.807) is 12.1 Å². The summed E-state index contributed by atoms with van der Waals surface area (Å²) in [7, 11) is 3.98. The highest BCUT2D eigenvalue weighted by atomic mass is 16.5. The zero-order valence-electron chi connectivity index (χ0n) is 15.6. The molecule has 1 aliphatic rings. The van der Waals surface area contributed by atoms with Crippen molar-refractivity contribution in [3.8, 4) is 11.5 Å². The van der Waals surface area contributed by atoms with Gasteiger partial charge in [0.05, 0.1) is 5.56 Å². The Labute approximate surface area is 154 Å². The normalized spacial score (nSPS) is 14.2. The zero-order valence-corrected chi connectivity index (χ0v) is 15.6. The minimum atomic E-state index is -0.0966. The van der Waals surface area contributed by atoms with Gasteiger partial charge in [0.15, 0.2) is 5.76 Å². The maximum Gasteiger partial charge on any atom is 0.232 e. The van der Waals surface area contributed by atoms with Crippen LogP contribution in [0.25, 0.3) is 6.08 Å². The number of rotatable bonds is 5. The van der Waals surface area contributed by atoms with Gasteiger partial charge in [0.1, 0.15) is 18.1 Å². The predicted molar refractivity (Wildman–Crippen MR) is 105 cm³/mol. The van der Waals surface area contributed by atoms with Gasteiger partial charge >= 0.3 is 0 Å². The predicted octanol–water partition coefficient (Wildman–Crippen LogP) is 4.63. The highest BCUT2D eigenvalue weighted by molar-refractivity contribution is 6.15. The summed E-state index contributed by atoms with van der Waals surface area (Å²) in [5, 5.41) is 0. The van der Waals surface area contributed by atoms with Crippen LogP contribution in [-0.4, -0.2) is 26.5 Å². The molecule has 2 aromatic rings. The fourth-order valence-electron chi connectivity index (χ4n) is 2.79. The van der Waals surface area contributed by atoms with Gasteiger partial charge < -0.3 is 14.4 Å². The molecule has 0 aromatic heterocycles. The largest absolute Gasteiger partial charge is 0.489 e. The third-order valence-electron chi connectivity index (χ3n) is 4.14. The molecule has 0 unspecified atom stereocenters. The Kier molecular flexibility index (Phi) is 4.85. The molecule has 0 saturated heterocycles. The summed E-state index contributed by atoms with van der Waals surface area (Å²) in [5.74, 6) is 1.45. The van der Waals surface area contributed by atoms with Crippen LogP contribution in [-0.2, 0) is 0 Å². The van der Waals surface area contributed by atoms with Crippen molar-refractivity contribution < 1.29 is 14.3 Å². The third kappa shape index (κ3) is 3.64. The van der Waals surface area contributed by atoms with Crippen molar-refractivity contribution >= 4 is 17.5 Å². The number of carbonyl (C=O) groups is 1. The van der Waals surface area contributed by atoms with Crippen LogP contribution in [0, 0.1) is 6.92 Å². The van der Waals surface area contributed by atoms with E-state index in [0.29, 0.717) is 29.4 Å². The molecule has 0 aliphatic carbocycles. The van der Waals surface area contributed by atoms with E-state index < -0.39 is 0 Å². The van der Waals surface area contributed by atoms with Crippen LogP contribution < -0.4 is 14.4 Å². The zero-order chi connectivity index (χ0) is 18.8. The molecular weight excluding hydrogens is 326 g/mol. The summed E-state index contributed by atoms with van der Waals surface area (Å²) in [6, 6.07) is 11.6. The van der Waals surface area contributed by atoms with Crippen LogP contribution in [0.1, 0.15) is 28.4 Å². The Balaban J connectivity index is 1.86. The first-order valence-electron chi connectivity index (χ1n) is 8.48. The van der Waals surface area contributed by atoms with E-state index in [1.807, 2.05) is 63.2 Å². The molecule has 2 aromatic carbocycles. The van der Waals surface area contributed by atoms with Crippen molar-refractivity contribution in [2.75, 3.05) is 25.6 Å². The van der Waals surface area contributed by atoms with Gasteiger partial charge in [0, 0.05) is 25.8 Å². The summed E-state index contributed by atoms with van der Waals surface area (Å²) in [5.41, 5.74) is 4.40. The lowest BCUT2D eigenvalue weighted by molar-refractivity contribution is 0.101. The maximum atomic E-state index is 12.7. The number of Topliss-reactive ketones (excluding diaryl/α,β-unsaturated/α-hetero) is 1. The van der Waals surface area contributed by atoms with Gasteiger partial charge in [-0.2, -0.15) is 0 Å². The molecule has 0 saturated carbocycles. The topological polar surface area (TPSA) is 38.8 Å². The average molecular weight is 349 g/mol. The fourth-order valence-corrected chi connectivity index (χ4v) is 2.79. The highest BCUT2D eigenvalue weighted by Crippen LogP contribution is 2.37. The number of anilines is 1. The van der Waals surface area contributed by atoms with Gasteiger partial charge in [0.25, 0.3) is 0 Å². The quantitative estimate of drug-likeness (QED) is 0.583. The van der Waals surface area contributed by atoms with Crippen LogP contribution in [0.4, 0.5) is 5.69 Å². The van der Waals surface area contributed by atoms with E-state index in [4.69, 9.17) is 9.47 Å². The summed E-state index contributed by atoms with van der Waals surface area (Å²) >= 11 is 0. The number of nitrogens with zero attached hydrogens (tertiary/aromatic N) is 1. The van der Waals surface area contributed by atoms with E-state index in [9.17, 15) is 4.79 Å². The van der Waals surface area contributed by atoms with Crippen molar-refractivity contribution in [3.05, 3.63) is 71.0 Å². The Morgan fingerprint density at radius 3 is 2.54 bits per heavy atom. The Bertz CT molecular complexity index is 892. The van der Waals surface area contributed by atoms with Crippen LogP contribution in [0.5, 0.6) is 11.5 Å². The molecule has 0 radical (unpaired) electrons. The summed E-state index contributed by atoms with van der Waals surface area (Å²) < 4.78 is 11.5. The number of hydrogen-bond acceptors (Lipinski definition) is 4. The number of aryl methyl sites for hydroxylation is 1. The minimum absolute atomic E-state index is 0.0966. The van der Waals surface area contributed by atoms with E-state index in [2.05, 4.69) is 6.58 Å². The number of hydrogen-bond donors (Lipinski definition) is 0. The first-order chi connectivity index (χ1) is 12.3. The molecule has 134 valence electrons. The van der Waals surface area contributed by atoms with Gasteiger partial charge in [-0.1, -0.05) is 18.7 Å². The molecule has 1 aliphatic heterocycles. The molecular formula is C22H23NO3. The second-order valence-electron chi connectivity index (χ2n) is 6.78. The molecule has 0 bridgehead atoms. The summed E-state index contributed by atoms with van der Waals surface area (Å²) in [6.07, 6.45) is 1.77. The van der Waals surface area contributed by atoms with Crippen molar-refractivity contribution in [3.63, 3.8) is 0 Å². The summed E-state index contributed by atoms with van der Waals surface area (Å²) in [6.45, 7) is 8.06. The fraction of sp³-hybridized carbons (Fsp3) is 0.227. The first-order valence-corrected chi connectivity index (χ1v) is 8.48. The molecule has 4 heteroatoms. The van der Waals surface area contributed by atoms with Gasteiger partial charge in [-0.25, -0.2) is 0 Å². The molecule has 4 nitrogen and oxygen atoms in total. The minimum Gasteiger partial charge on any atom is -0.489 e. The molecule has 0 amide bonds. The van der Waals surface area contributed by atoms with Gasteiger partial charge in [-0.15, -0.1) is 0 Å². The smallest absolute Gasteiger partial charge is 0.232 e. The standard InChI is InChI=1S/C22H23NO3/c1-14(2)13-25-18-10-15(3)21-19(12-18)26-20(22(21)24)11-16-6-8-17(9-7-16)23(4)5/h6-12H,1,13H2,2-5H3/b20-11-. The molecule has 26 heavy (non-hydrogen) atoms.